The van der Waals surface area contributed by atoms with Crippen molar-refractivity contribution in [2.75, 3.05) is 18.4 Å². The van der Waals surface area contributed by atoms with Crippen molar-refractivity contribution in [1.82, 2.24) is 19.4 Å². The molecule has 7 heteroatoms. The molecule has 0 aliphatic carbocycles. The molecule has 146 valence electrons. The number of amides is 2. The molecule has 28 heavy (non-hydrogen) atoms. The number of likely N-dealkylation sites (tertiary alicyclic amines) is 1. The normalized spacial score (nSPS) is 17.1. The Morgan fingerprint density at radius 1 is 1.29 bits per heavy atom. The van der Waals surface area contributed by atoms with Gasteiger partial charge in [-0.3, -0.25) is 0 Å². The van der Waals surface area contributed by atoms with E-state index in [9.17, 15) is 9.18 Å². The van der Waals surface area contributed by atoms with Crippen molar-refractivity contribution in [2.45, 2.75) is 33.2 Å². The maximum atomic E-state index is 13.7. The number of aromatic nitrogens is 3. The molecule has 1 saturated heterocycles. The topological polar surface area (TPSA) is 63.1 Å². The molecule has 1 atom stereocenters. The maximum Gasteiger partial charge on any atom is 0.321 e. The zero-order chi connectivity index (χ0) is 19.7. The summed E-state index contributed by atoms with van der Waals surface area (Å²) in [6.07, 6.45) is 3.77. The lowest BCUT2D eigenvalue weighted by Crippen LogP contribution is -2.43. The first-order valence-electron chi connectivity index (χ1n) is 9.62. The molecule has 3 heterocycles. The predicted octanol–water partition coefficient (Wildman–Crippen LogP) is 4.13. The Hall–Kier alpha value is -2.96. The SMILES string of the molecule is Cc1c(F)cccc1NC(=O)N1CCCC(Cn2c(C)nc3cccnc32)C1. The number of pyridine rings is 1. The fourth-order valence-corrected chi connectivity index (χ4v) is 3.88. The van der Waals surface area contributed by atoms with Crippen molar-refractivity contribution < 1.29 is 9.18 Å². The Kier molecular flexibility index (Phi) is 4.98. The number of halogens is 1. The second-order valence-corrected chi connectivity index (χ2v) is 7.41. The fraction of sp³-hybridized carbons (Fsp3) is 0.381. The van der Waals surface area contributed by atoms with Crippen LogP contribution in [-0.2, 0) is 6.54 Å². The number of urea groups is 1. The van der Waals surface area contributed by atoms with Crippen LogP contribution in [0.3, 0.4) is 0 Å². The number of aryl methyl sites for hydroxylation is 1. The largest absolute Gasteiger partial charge is 0.324 e. The molecule has 1 aliphatic rings. The number of fused-ring (bicyclic) bond motifs is 1. The van der Waals surface area contributed by atoms with Crippen molar-refractivity contribution in [1.29, 1.82) is 0 Å². The quantitative estimate of drug-likeness (QED) is 0.742. The van der Waals surface area contributed by atoms with E-state index in [1.54, 1.807) is 25.3 Å². The number of hydrogen-bond donors (Lipinski definition) is 1. The molecule has 0 bridgehead atoms. The Bertz CT molecular complexity index is 1020. The summed E-state index contributed by atoms with van der Waals surface area (Å²) in [7, 11) is 0. The second-order valence-electron chi connectivity index (χ2n) is 7.41. The van der Waals surface area contributed by atoms with Crippen LogP contribution in [0.4, 0.5) is 14.9 Å². The highest BCUT2D eigenvalue weighted by Crippen LogP contribution is 2.23. The van der Waals surface area contributed by atoms with Crippen LogP contribution in [0.5, 0.6) is 0 Å². The molecular formula is C21H24FN5O. The van der Waals surface area contributed by atoms with Crippen LogP contribution in [-0.4, -0.2) is 38.6 Å². The highest BCUT2D eigenvalue weighted by Gasteiger charge is 2.25. The van der Waals surface area contributed by atoms with E-state index in [2.05, 4.69) is 19.9 Å². The van der Waals surface area contributed by atoms with Crippen LogP contribution in [0.15, 0.2) is 36.5 Å². The summed E-state index contributed by atoms with van der Waals surface area (Å²) < 4.78 is 15.9. The van der Waals surface area contributed by atoms with Gasteiger partial charge in [-0.25, -0.2) is 19.2 Å². The third-order valence-corrected chi connectivity index (χ3v) is 5.45. The van der Waals surface area contributed by atoms with E-state index in [1.807, 2.05) is 24.0 Å². The Morgan fingerprint density at radius 2 is 2.14 bits per heavy atom. The molecule has 0 saturated carbocycles. The van der Waals surface area contributed by atoms with Crippen molar-refractivity contribution in [3.63, 3.8) is 0 Å². The summed E-state index contributed by atoms with van der Waals surface area (Å²) in [5.41, 5.74) is 2.76. The third kappa shape index (κ3) is 3.56. The van der Waals surface area contributed by atoms with Crippen LogP contribution in [0.2, 0.25) is 0 Å². The molecule has 2 aromatic heterocycles. The highest BCUT2D eigenvalue weighted by atomic mass is 19.1. The van der Waals surface area contributed by atoms with Gasteiger partial charge >= 0.3 is 6.03 Å². The molecule has 0 radical (unpaired) electrons. The number of piperidine rings is 1. The fourth-order valence-electron chi connectivity index (χ4n) is 3.88. The number of rotatable bonds is 3. The van der Waals surface area contributed by atoms with Crippen molar-refractivity contribution in [3.05, 3.63) is 53.7 Å². The minimum absolute atomic E-state index is 0.177. The average Bonchev–Trinajstić information content (AvgIpc) is 3.01. The van der Waals surface area contributed by atoms with Gasteiger partial charge in [-0.05, 0) is 56.9 Å². The number of benzene rings is 1. The molecule has 4 rings (SSSR count). The molecule has 1 fully saturated rings. The molecule has 6 nitrogen and oxygen atoms in total. The summed E-state index contributed by atoms with van der Waals surface area (Å²) in [6.45, 7) is 5.80. The standard InChI is InChI=1S/C21H24FN5O/c1-14-17(22)7-3-8-18(14)25-21(28)26-11-5-6-16(12-26)13-27-15(2)24-19-9-4-10-23-20(19)27/h3-4,7-10,16H,5-6,11-13H2,1-2H3,(H,25,28). The Balaban J connectivity index is 1.46. The third-order valence-electron chi connectivity index (χ3n) is 5.45. The predicted molar refractivity (Wildman–Crippen MR) is 107 cm³/mol. The van der Waals surface area contributed by atoms with Gasteiger partial charge in [0.25, 0.3) is 0 Å². The second kappa shape index (κ2) is 7.58. The molecule has 0 spiro atoms. The number of hydrogen-bond acceptors (Lipinski definition) is 3. The molecule has 2 amide bonds. The monoisotopic (exact) mass is 381 g/mol. The van der Waals surface area contributed by atoms with E-state index >= 15 is 0 Å². The lowest BCUT2D eigenvalue weighted by atomic mass is 9.98. The van der Waals surface area contributed by atoms with Gasteiger partial charge in [0.1, 0.15) is 17.2 Å². The lowest BCUT2D eigenvalue weighted by Gasteiger charge is -2.33. The van der Waals surface area contributed by atoms with Gasteiger partial charge in [-0.1, -0.05) is 6.07 Å². The van der Waals surface area contributed by atoms with Gasteiger partial charge in [-0.15, -0.1) is 0 Å². The van der Waals surface area contributed by atoms with Gasteiger partial charge in [0.15, 0.2) is 5.65 Å². The van der Waals surface area contributed by atoms with Crippen molar-refractivity contribution in [3.8, 4) is 0 Å². The summed E-state index contributed by atoms with van der Waals surface area (Å²) in [5.74, 6) is 0.946. The van der Waals surface area contributed by atoms with Gasteiger partial charge in [0.05, 0.1) is 0 Å². The summed E-state index contributed by atoms with van der Waals surface area (Å²) in [5, 5.41) is 2.86. The van der Waals surface area contributed by atoms with E-state index in [0.717, 1.165) is 36.4 Å². The smallest absolute Gasteiger partial charge is 0.321 e. The van der Waals surface area contributed by atoms with Crippen molar-refractivity contribution in [2.24, 2.45) is 5.92 Å². The first kappa shape index (κ1) is 18.4. The number of nitrogens with zero attached hydrogens (tertiary/aromatic N) is 4. The highest BCUT2D eigenvalue weighted by molar-refractivity contribution is 5.90. The van der Waals surface area contributed by atoms with Crippen LogP contribution >= 0.6 is 0 Å². The van der Waals surface area contributed by atoms with E-state index in [-0.39, 0.29) is 11.8 Å². The van der Waals surface area contributed by atoms with E-state index in [1.165, 1.54) is 6.07 Å². The van der Waals surface area contributed by atoms with Gasteiger partial charge < -0.3 is 14.8 Å². The Morgan fingerprint density at radius 3 is 3.00 bits per heavy atom. The van der Waals surface area contributed by atoms with E-state index in [0.29, 0.717) is 30.3 Å². The molecular weight excluding hydrogens is 357 g/mol. The minimum atomic E-state index is -0.315. The number of nitrogens with one attached hydrogen (secondary N) is 1. The van der Waals surface area contributed by atoms with E-state index < -0.39 is 0 Å². The molecule has 3 aromatic rings. The average molecular weight is 381 g/mol. The lowest BCUT2D eigenvalue weighted by molar-refractivity contribution is 0.170. The molecule has 1 aromatic carbocycles. The van der Waals surface area contributed by atoms with E-state index in [4.69, 9.17) is 0 Å². The molecule has 1 unspecified atom stereocenters. The summed E-state index contributed by atoms with van der Waals surface area (Å²) in [6, 6.07) is 8.41. The first-order valence-corrected chi connectivity index (χ1v) is 9.62. The van der Waals surface area contributed by atoms with Gasteiger partial charge in [0.2, 0.25) is 0 Å². The Labute approximate surface area is 163 Å². The van der Waals surface area contributed by atoms with Crippen LogP contribution < -0.4 is 5.32 Å². The number of carbonyl (C=O) groups excluding carboxylic acids is 1. The minimum Gasteiger partial charge on any atom is -0.324 e. The van der Waals surface area contributed by atoms with Gasteiger partial charge in [0, 0.05) is 37.1 Å². The molecule has 1 N–H and O–H groups in total. The first-order chi connectivity index (χ1) is 13.5. The van der Waals surface area contributed by atoms with Crippen LogP contribution in [0.25, 0.3) is 11.2 Å². The number of carbonyl (C=O) groups is 1. The zero-order valence-corrected chi connectivity index (χ0v) is 16.2. The maximum absolute atomic E-state index is 13.7. The van der Waals surface area contributed by atoms with Crippen LogP contribution in [0, 0.1) is 25.6 Å². The summed E-state index contributed by atoms with van der Waals surface area (Å²) in [4.78, 5) is 23.6. The van der Waals surface area contributed by atoms with Gasteiger partial charge in [-0.2, -0.15) is 0 Å². The zero-order valence-electron chi connectivity index (χ0n) is 16.2. The van der Waals surface area contributed by atoms with Crippen LogP contribution in [0.1, 0.15) is 24.2 Å². The van der Waals surface area contributed by atoms with Crippen molar-refractivity contribution >= 4 is 22.9 Å². The number of imidazole rings is 1. The molecule has 1 aliphatic heterocycles. The number of anilines is 1. The summed E-state index contributed by atoms with van der Waals surface area (Å²) >= 11 is 0.